The van der Waals surface area contributed by atoms with Crippen molar-refractivity contribution < 1.29 is 4.79 Å². The summed E-state index contributed by atoms with van der Waals surface area (Å²) in [6.07, 6.45) is 0. The van der Waals surface area contributed by atoms with E-state index in [0.717, 1.165) is 15.7 Å². The summed E-state index contributed by atoms with van der Waals surface area (Å²) in [6.45, 7) is 3.74. The summed E-state index contributed by atoms with van der Waals surface area (Å²) >= 11 is 3.39. The number of anilines is 1. The average Bonchev–Trinajstić information content (AvgIpc) is 2.12. The van der Waals surface area contributed by atoms with Gasteiger partial charge in [-0.3, -0.25) is 4.79 Å². The van der Waals surface area contributed by atoms with Crippen molar-refractivity contribution in [3.63, 3.8) is 0 Å². The van der Waals surface area contributed by atoms with Gasteiger partial charge in [0.25, 0.3) is 5.91 Å². The summed E-state index contributed by atoms with van der Waals surface area (Å²) in [5.41, 5.74) is 7.50. The van der Waals surface area contributed by atoms with E-state index in [4.69, 9.17) is 5.73 Å². The molecule has 4 nitrogen and oxygen atoms in total. The van der Waals surface area contributed by atoms with Crippen LogP contribution in [0.5, 0.6) is 0 Å². The lowest BCUT2D eigenvalue weighted by Gasteiger charge is -2.18. The Morgan fingerprint density at radius 2 is 1.93 bits per heavy atom. The Kier molecular flexibility index (Phi) is 3.34. The quantitative estimate of drug-likeness (QED) is 0.890. The van der Waals surface area contributed by atoms with Gasteiger partial charge in [-0.1, -0.05) is 0 Å². The van der Waals surface area contributed by atoms with Crippen molar-refractivity contribution in [2.45, 2.75) is 13.8 Å². The van der Waals surface area contributed by atoms with Crippen molar-refractivity contribution in [3.8, 4) is 0 Å². The van der Waals surface area contributed by atoms with E-state index < -0.39 is 5.91 Å². The summed E-state index contributed by atoms with van der Waals surface area (Å²) in [6, 6.07) is 0. The van der Waals surface area contributed by atoms with Gasteiger partial charge in [-0.2, -0.15) is 0 Å². The molecule has 0 aliphatic carbocycles. The number of hydrogen-bond acceptors (Lipinski definition) is 3. The van der Waals surface area contributed by atoms with E-state index in [9.17, 15) is 4.79 Å². The predicted molar refractivity (Wildman–Crippen MR) is 64.3 cm³/mol. The summed E-state index contributed by atoms with van der Waals surface area (Å²) < 4.78 is 0.835. The number of nitrogens with zero attached hydrogens (tertiary/aromatic N) is 2. The van der Waals surface area contributed by atoms with E-state index >= 15 is 0 Å². The average molecular weight is 272 g/mol. The zero-order chi connectivity index (χ0) is 11.7. The predicted octanol–water partition coefficient (Wildman–Crippen LogP) is 1.63. The maximum absolute atomic E-state index is 11.3. The fraction of sp³-hybridized carbons (Fsp3) is 0.400. The molecule has 1 rings (SSSR count). The van der Waals surface area contributed by atoms with Gasteiger partial charge in [0.05, 0.1) is 11.3 Å². The van der Waals surface area contributed by atoms with Crippen LogP contribution in [0, 0.1) is 13.8 Å². The van der Waals surface area contributed by atoms with Crippen LogP contribution in [0.4, 0.5) is 5.82 Å². The molecule has 0 aromatic carbocycles. The van der Waals surface area contributed by atoms with E-state index in [2.05, 4.69) is 20.9 Å². The maximum atomic E-state index is 11.3. The number of carbonyl (C=O) groups is 1. The van der Waals surface area contributed by atoms with Gasteiger partial charge >= 0.3 is 0 Å². The molecule has 0 aliphatic heterocycles. The second-order valence-electron chi connectivity index (χ2n) is 3.59. The van der Waals surface area contributed by atoms with Gasteiger partial charge in [0.2, 0.25) is 0 Å². The molecule has 15 heavy (non-hydrogen) atoms. The molecule has 0 atom stereocenters. The zero-order valence-corrected chi connectivity index (χ0v) is 10.8. The molecule has 0 bridgehead atoms. The van der Waals surface area contributed by atoms with Crippen molar-refractivity contribution in [1.29, 1.82) is 0 Å². The van der Waals surface area contributed by atoms with Crippen LogP contribution in [0.25, 0.3) is 0 Å². The van der Waals surface area contributed by atoms with Gasteiger partial charge in [-0.15, -0.1) is 0 Å². The third-order valence-electron chi connectivity index (χ3n) is 2.19. The van der Waals surface area contributed by atoms with Crippen LogP contribution >= 0.6 is 15.9 Å². The molecule has 1 heterocycles. The summed E-state index contributed by atoms with van der Waals surface area (Å²) in [7, 11) is 3.67. The number of aromatic nitrogens is 1. The van der Waals surface area contributed by atoms with Crippen molar-refractivity contribution in [1.82, 2.24) is 4.98 Å². The molecule has 5 heteroatoms. The minimum absolute atomic E-state index is 0.454. The second kappa shape index (κ2) is 4.18. The molecule has 1 amide bonds. The van der Waals surface area contributed by atoms with Crippen LogP contribution in [0.15, 0.2) is 4.47 Å². The number of aryl methyl sites for hydroxylation is 1. The highest BCUT2D eigenvalue weighted by molar-refractivity contribution is 9.10. The van der Waals surface area contributed by atoms with Crippen molar-refractivity contribution >= 4 is 27.7 Å². The number of primary amides is 1. The number of carbonyl (C=O) groups excluding carboxylic acids is 1. The molecule has 0 saturated carbocycles. The van der Waals surface area contributed by atoms with Gasteiger partial charge in [0.15, 0.2) is 0 Å². The summed E-state index contributed by atoms with van der Waals surface area (Å²) in [5, 5.41) is 0. The molecular formula is C10H14BrN3O. The lowest BCUT2D eigenvalue weighted by atomic mass is 10.1. The first-order chi connectivity index (χ1) is 6.86. The Bertz CT molecular complexity index is 416. The van der Waals surface area contributed by atoms with E-state index in [1.54, 1.807) is 4.90 Å². The molecule has 0 saturated heterocycles. The Morgan fingerprint density at radius 1 is 1.40 bits per heavy atom. The molecule has 2 N–H and O–H groups in total. The topological polar surface area (TPSA) is 59.2 Å². The van der Waals surface area contributed by atoms with Gasteiger partial charge in [-0.05, 0) is 35.3 Å². The minimum Gasteiger partial charge on any atom is -0.365 e. The monoisotopic (exact) mass is 271 g/mol. The van der Waals surface area contributed by atoms with Crippen LogP contribution in [0.3, 0.4) is 0 Å². The largest absolute Gasteiger partial charge is 0.365 e. The minimum atomic E-state index is -0.454. The van der Waals surface area contributed by atoms with E-state index in [0.29, 0.717) is 11.4 Å². The van der Waals surface area contributed by atoms with Gasteiger partial charge in [0.1, 0.15) is 5.82 Å². The Balaban J connectivity index is 3.58. The molecule has 0 radical (unpaired) electrons. The van der Waals surface area contributed by atoms with Gasteiger partial charge in [0, 0.05) is 18.6 Å². The van der Waals surface area contributed by atoms with Gasteiger partial charge in [-0.25, -0.2) is 4.98 Å². The molecular weight excluding hydrogens is 258 g/mol. The molecule has 82 valence electrons. The van der Waals surface area contributed by atoms with Crippen LogP contribution in [0.2, 0.25) is 0 Å². The first-order valence-corrected chi connectivity index (χ1v) is 5.29. The molecule has 1 aromatic rings. The lowest BCUT2D eigenvalue weighted by Crippen LogP contribution is -2.22. The lowest BCUT2D eigenvalue weighted by molar-refractivity contribution is 0.1000. The first-order valence-electron chi connectivity index (χ1n) is 4.50. The summed E-state index contributed by atoms with van der Waals surface area (Å²) in [4.78, 5) is 17.5. The molecule has 0 aliphatic rings. The highest BCUT2D eigenvalue weighted by atomic mass is 79.9. The van der Waals surface area contributed by atoms with Crippen LogP contribution in [-0.2, 0) is 0 Å². The fourth-order valence-corrected chi connectivity index (χ4v) is 1.72. The standard InChI is InChI=1S/C10H14BrN3O/c1-5-7(9(12)15)10(14(3)4)13-6(2)8(5)11/h1-4H3,(H2,12,15). The smallest absolute Gasteiger partial charge is 0.252 e. The third kappa shape index (κ3) is 2.12. The number of hydrogen-bond donors (Lipinski definition) is 1. The van der Waals surface area contributed by atoms with E-state index in [1.807, 2.05) is 27.9 Å². The maximum Gasteiger partial charge on any atom is 0.252 e. The van der Waals surface area contributed by atoms with E-state index in [-0.39, 0.29) is 0 Å². The highest BCUT2D eigenvalue weighted by Crippen LogP contribution is 2.28. The second-order valence-corrected chi connectivity index (χ2v) is 4.39. The Morgan fingerprint density at radius 3 is 2.33 bits per heavy atom. The number of nitrogens with two attached hydrogens (primary N) is 1. The normalized spacial score (nSPS) is 10.2. The third-order valence-corrected chi connectivity index (χ3v) is 3.36. The van der Waals surface area contributed by atoms with Crippen molar-refractivity contribution in [2.24, 2.45) is 5.73 Å². The summed E-state index contributed by atoms with van der Waals surface area (Å²) in [5.74, 6) is 0.158. The fourth-order valence-electron chi connectivity index (χ4n) is 1.43. The number of pyridine rings is 1. The highest BCUT2D eigenvalue weighted by Gasteiger charge is 2.18. The van der Waals surface area contributed by atoms with Crippen molar-refractivity contribution in [3.05, 3.63) is 21.3 Å². The van der Waals surface area contributed by atoms with Crippen LogP contribution in [-0.4, -0.2) is 25.0 Å². The van der Waals surface area contributed by atoms with Crippen molar-refractivity contribution in [2.75, 3.05) is 19.0 Å². The SMILES string of the molecule is Cc1nc(N(C)C)c(C(N)=O)c(C)c1Br. The zero-order valence-electron chi connectivity index (χ0n) is 9.26. The number of halogens is 1. The molecule has 0 spiro atoms. The van der Waals surface area contributed by atoms with Crippen LogP contribution in [0.1, 0.15) is 21.6 Å². The number of amides is 1. The Hall–Kier alpha value is -1.10. The van der Waals surface area contributed by atoms with E-state index in [1.165, 1.54) is 0 Å². The van der Waals surface area contributed by atoms with Gasteiger partial charge < -0.3 is 10.6 Å². The molecule has 0 unspecified atom stereocenters. The Labute approximate surface area is 97.6 Å². The number of rotatable bonds is 2. The van der Waals surface area contributed by atoms with Crippen LogP contribution < -0.4 is 10.6 Å². The molecule has 0 fully saturated rings. The molecule has 1 aromatic heterocycles. The first kappa shape index (κ1) is 12.0.